The molecule has 0 spiro atoms. The molecule has 1 N–H and O–H groups in total. The van der Waals surface area contributed by atoms with Crippen LogP contribution in [0.25, 0.3) is 0 Å². The molecule has 0 radical (unpaired) electrons. The lowest BCUT2D eigenvalue weighted by molar-refractivity contribution is 0.654. The molecule has 0 bridgehead atoms. The Bertz CT molecular complexity index is 384. The van der Waals surface area contributed by atoms with E-state index in [1.807, 2.05) is 18.5 Å². The molecule has 3 heteroatoms. The van der Waals surface area contributed by atoms with Crippen molar-refractivity contribution in [3.8, 4) is 0 Å². The molecule has 2 nitrogen and oxygen atoms in total. The van der Waals surface area contributed by atoms with E-state index in [1.165, 1.54) is 10.4 Å². The molecule has 0 saturated heterocycles. The monoisotopic (exact) mass is 232 g/mol. The van der Waals surface area contributed by atoms with Crippen LogP contribution in [-0.2, 0) is 13.0 Å². The average Bonchev–Trinajstić information content (AvgIpc) is 2.83. The molecule has 0 saturated carbocycles. The van der Waals surface area contributed by atoms with E-state index >= 15 is 0 Å². The van der Waals surface area contributed by atoms with Gasteiger partial charge in [0, 0.05) is 23.8 Å². The number of hydrogen-bond donors (Lipinski definition) is 1. The number of aromatic nitrogens is 1. The molecule has 0 aliphatic carbocycles. The van der Waals surface area contributed by atoms with Gasteiger partial charge in [-0.3, -0.25) is 4.98 Å². The first-order valence-electron chi connectivity index (χ1n) is 5.57. The zero-order valence-corrected chi connectivity index (χ0v) is 10.0. The van der Waals surface area contributed by atoms with Gasteiger partial charge in [0.1, 0.15) is 0 Å². The number of thiophene rings is 1. The molecule has 0 aromatic carbocycles. The summed E-state index contributed by atoms with van der Waals surface area (Å²) in [7, 11) is 0. The van der Waals surface area contributed by atoms with Gasteiger partial charge < -0.3 is 5.32 Å². The van der Waals surface area contributed by atoms with Gasteiger partial charge in [0.05, 0.1) is 0 Å². The van der Waals surface area contributed by atoms with Gasteiger partial charge in [0.25, 0.3) is 0 Å². The number of rotatable bonds is 6. The van der Waals surface area contributed by atoms with E-state index in [-0.39, 0.29) is 0 Å². The Morgan fingerprint density at radius 1 is 1.25 bits per heavy atom. The summed E-state index contributed by atoms with van der Waals surface area (Å²) in [6.45, 7) is 2.05. The number of aryl methyl sites for hydroxylation is 1. The smallest absolute Gasteiger partial charge is 0.0299 e. The second kappa shape index (κ2) is 6.40. The van der Waals surface area contributed by atoms with Crippen LogP contribution in [0.15, 0.2) is 42.0 Å². The van der Waals surface area contributed by atoms with Crippen molar-refractivity contribution in [3.63, 3.8) is 0 Å². The lowest BCUT2D eigenvalue weighted by Gasteiger charge is -2.03. The number of hydrogen-bond acceptors (Lipinski definition) is 3. The van der Waals surface area contributed by atoms with Gasteiger partial charge in [-0.25, -0.2) is 0 Å². The Morgan fingerprint density at radius 2 is 2.25 bits per heavy atom. The third-order valence-electron chi connectivity index (χ3n) is 2.42. The maximum absolute atomic E-state index is 4.11. The number of nitrogens with one attached hydrogen (secondary N) is 1. The lowest BCUT2D eigenvalue weighted by atomic mass is 10.1. The van der Waals surface area contributed by atoms with Crippen LogP contribution in [0.2, 0.25) is 0 Å². The maximum atomic E-state index is 4.11. The molecular weight excluding hydrogens is 216 g/mol. The standard InChI is InChI=1S/C13H16N2S/c1-4-12(10-14-7-1)5-2-8-15-11-13-6-3-9-16-13/h1,3-4,6-7,9-10,15H,2,5,8,11H2. The SMILES string of the molecule is c1cncc(CCCNCc2cccs2)c1. The quantitative estimate of drug-likeness (QED) is 0.775. The number of pyridine rings is 1. The summed E-state index contributed by atoms with van der Waals surface area (Å²) in [6, 6.07) is 8.39. The highest BCUT2D eigenvalue weighted by Gasteiger charge is 1.94. The Labute approximate surface area is 100 Å². The van der Waals surface area contributed by atoms with Gasteiger partial charge in [0.15, 0.2) is 0 Å². The molecule has 2 aromatic rings. The van der Waals surface area contributed by atoms with Gasteiger partial charge in [-0.05, 0) is 42.5 Å². The van der Waals surface area contributed by atoms with Crippen LogP contribution in [0, 0.1) is 0 Å². The molecule has 0 unspecified atom stereocenters. The number of nitrogens with zero attached hydrogens (tertiary/aromatic N) is 1. The van der Waals surface area contributed by atoms with Gasteiger partial charge in [0.2, 0.25) is 0 Å². The molecule has 0 aliphatic heterocycles. The van der Waals surface area contributed by atoms with Crippen LogP contribution in [0.5, 0.6) is 0 Å². The van der Waals surface area contributed by atoms with E-state index in [0.717, 1.165) is 25.9 Å². The van der Waals surface area contributed by atoms with Crippen LogP contribution < -0.4 is 5.32 Å². The predicted molar refractivity (Wildman–Crippen MR) is 68.6 cm³/mol. The summed E-state index contributed by atoms with van der Waals surface area (Å²) in [5.41, 5.74) is 1.32. The third-order valence-corrected chi connectivity index (χ3v) is 3.30. The van der Waals surface area contributed by atoms with E-state index in [4.69, 9.17) is 0 Å². The first-order valence-corrected chi connectivity index (χ1v) is 6.45. The highest BCUT2D eigenvalue weighted by molar-refractivity contribution is 7.09. The minimum absolute atomic E-state index is 0.991. The zero-order chi connectivity index (χ0) is 11.1. The summed E-state index contributed by atoms with van der Waals surface area (Å²) < 4.78 is 0. The maximum Gasteiger partial charge on any atom is 0.0299 e. The van der Waals surface area contributed by atoms with E-state index < -0.39 is 0 Å². The first-order chi connectivity index (χ1) is 7.95. The van der Waals surface area contributed by atoms with Crippen molar-refractivity contribution in [2.75, 3.05) is 6.54 Å². The van der Waals surface area contributed by atoms with Gasteiger partial charge in [-0.15, -0.1) is 11.3 Å². The van der Waals surface area contributed by atoms with Crippen LogP contribution in [-0.4, -0.2) is 11.5 Å². The predicted octanol–water partition coefficient (Wildman–Crippen LogP) is 2.87. The summed E-state index contributed by atoms with van der Waals surface area (Å²) in [6.07, 6.45) is 6.03. The Morgan fingerprint density at radius 3 is 3.00 bits per heavy atom. The van der Waals surface area contributed by atoms with Crippen molar-refractivity contribution in [1.82, 2.24) is 10.3 Å². The van der Waals surface area contributed by atoms with E-state index in [2.05, 4.69) is 33.9 Å². The van der Waals surface area contributed by atoms with Crippen molar-refractivity contribution in [2.24, 2.45) is 0 Å². The molecule has 16 heavy (non-hydrogen) atoms. The molecule has 2 rings (SSSR count). The highest BCUT2D eigenvalue weighted by atomic mass is 32.1. The van der Waals surface area contributed by atoms with Crippen molar-refractivity contribution < 1.29 is 0 Å². The average molecular weight is 232 g/mol. The second-order valence-corrected chi connectivity index (χ2v) is 4.75. The van der Waals surface area contributed by atoms with Gasteiger partial charge in [-0.2, -0.15) is 0 Å². The van der Waals surface area contributed by atoms with Gasteiger partial charge in [-0.1, -0.05) is 12.1 Å². The fourth-order valence-corrected chi connectivity index (χ4v) is 2.26. The molecular formula is C13H16N2S. The van der Waals surface area contributed by atoms with Crippen molar-refractivity contribution >= 4 is 11.3 Å². The Balaban J connectivity index is 1.59. The minimum Gasteiger partial charge on any atom is -0.312 e. The van der Waals surface area contributed by atoms with Crippen molar-refractivity contribution in [2.45, 2.75) is 19.4 Å². The van der Waals surface area contributed by atoms with E-state index in [0.29, 0.717) is 0 Å². The molecule has 2 heterocycles. The van der Waals surface area contributed by atoms with E-state index in [1.54, 1.807) is 11.3 Å². The molecule has 0 aliphatic rings. The minimum atomic E-state index is 0.991. The summed E-state index contributed by atoms with van der Waals surface area (Å²) in [4.78, 5) is 5.51. The zero-order valence-electron chi connectivity index (χ0n) is 9.23. The lowest BCUT2D eigenvalue weighted by Crippen LogP contribution is -2.14. The summed E-state index contributed by atoms with van der Waals surface area (Å²) in [5.74, 6) is 0. The van der Waals surface area contributed by atoms with E-state index in [9.17, 15) is 0 Å². The summed E-state index contributed by atoms with van der Waals surface area (Å²) in [5, 5.41) is 5.57. The normalized spacial score (nSPS) is 10.5. The second-order valence-electron chi connectivity index (χ2n) is 3.72. The van der Waals surface area contributed by atoms with Crippen molar-refractivity contribution in [1.29, 1.82) is 0 Å². The molecule has 0 amide bonds. The van der Waals surface area contributed by atoms with Crippen LogP contribution in [0.3, 0.4) is 0 Å². The van der Waals surface area contributed by atoms with Crippen LogP contribution in [0.1, 0.15) is 16.9 Å². The molecule has 2 aromatic heterocycles. The van der Waals surface area contributed by atoms with Crippen LogP contribution >= 0.6 is 11.3 Å². The fourth-order valence-electron chi connectivity index (χ4n) is 1.59. The van der Waals surface area contributed by atoms with Crippen molar-refractivity contribution in [3.05, 3.63) is 52.5 Å². The molecule has 0 fully saturated rings. The van der Waals surface area contributed by atoms with Gasteiger partial charge >= 0.3 is 0 Å². The first kappa shape index (κ1) is 11.3. The topological polar surface area (TPSA) is 24.9 Å². The highest BCUT2D eigenvalue weighted by Crippen LogP contribution is 2.07. The largest absolute Gasteiger partial charge is 0.312 e. The fraction of sp³-hybridized carbons (Fsp3) is 0.308. The Kier molecular flexibility index (Phi) is 4.52. The van der Waals surface area contributed by atoms with Crippen LogP contribution in [0.4, 0.5) is 0 Å². The third kappa shape index (κ3) is 3.76. The molecule has 0 atom stereocenters. The molecule has 84 valence electrons. The summed E-state index contributed by atoms with van der Waals surface area (Å²) >= 11 is 1.80. The Hall–Kier alpha value is -1.19.